The van der Waals surface area contributed by atoms with E-state index >= 15 is 0 Å². The molecule has 0 fully saturated rings. The third-order valence-electron chi connectivity index (χ3n) is 3.18. The first-order chi connectivity index (χ1) is 10.5. The van der Waals surface area contributed by atoms with Gasteiger partial charge >= 0.3 is 5.97 Å². The summed E-state index contributed by atoms with van der Waals surface area (Å²) in [5, 5.41) is 15.6. The molecule has 116 valence electrons. The van der Waals surface area contributed by atoms with Gasteiger partial charge in [0.2, 0.25) is 0 Å². The Balaban J connectivity index is 2.17. The lowest BCUT2D eigenvalue weighted by Crippen LogP contribution is -2.30. The summed E-state index contributed by atoms with van der Waals surface area (Å²) in [4.78, 5) is 23.2. The Hall–Kier alpha value is -2.70. The standard InChI is InChI=1S/C15H16FN3O3/c1-2-19-9-11(8-17-19)15(22)18-13(7-14(20)21)10-3-5-12(16)6-4-10/h3-6,8-9,13H,2,7H2,1H3,(H,18,22)(H,20,21)/t13-/m1/s1. The van der Waals surface area contributed by atoms with Gasteiger partial charge < -0.3 is 10.4 Å². The number of nitrogens with zero attached hydrogens (tertiary/aromatic N) is 2. The third kappa shape index (κ3) is 3.91. The van der Waals surface area contributed by atoms with Gasteiger partial charge in [0, 0.05) is 12.7 Å². The van der Waals surface area contributed by atoms with Gasteiger partial charge in [-0.2, -0.15) is 5.10 Å². The van der Waals surface area contributed by atoms with Crippen molar-refractivity contribution in [1.29, 1.82) is 0 Å². The molecule has 1 aromatic carbocycles. The van der Waals surface area contributed by atoms with Crippen molar-refractivity contribution in [3.8, 4) is 0 Å². The van der Waals surface area contributed by atoms with E-state index in [0.29, 0.717) is 17.7 Å². The van der Waals surface area contributed by atoms with Crippen molar-refractivity contribution in [1.82, 2.24) is 15.1 Å². The Bertz CT molecular complexity index is 667. The number of aromatic nitrogens is 2. The number of rotatable bonds is 6. The van der Waals surface area contributed by atoms with Gasteiger partial charge in [-0.1, -0.05) is 12.1 Å². The number of amides is 1. The third-order valence-corrected chi connectivity index (χ3v) is 3.18. The molecule has 2 aromatic rings. The minimum absolute atomic E-state index is 0.292. The van der Waals surface area contributed by atoms with Crippen molar-refractivity contribution in [2.24, 2.45) is 0 Å². The number of aryl methyl sites for hydroxylation is 1. The fourth-order valence-corrected chi connectivity index (χ4v) is 2.02. The molecule has 0 unspecified atom stereocenters. The molecule has 0 bridgehead atoms. The number of benzene rings is 1. The lowest BCUT2D eigenvalue weighted by atomic mass is 10.0. The van der Waals surface area contributed by atoms with Crippen molar-refractivity contribution in [2.45, 2.75) is 25.9 Å². The highest BCUT2D eigenvalue weighted by molar-refractivity contribution is 5.94. The fourth-order valence-electron chi connectivity index (χ4n) is 2.02. The number of carboxylic acid groups (broad SMARTS) is 1. The van der Waals surface area contributed by atoms with E-state index < -0.39 is 23.7 Å². The first kappa shape index (κ1) is 15.7. The number of hydrogen-bond donors (Lipinski definition) is 2. The molecule has 0 saturated carbocycles. The van der Waals surface area contributed by atoms with E-state index in [1.54, 1.807) is 10.9 Å². The van der Waals surface area contributed by atoms with Gasteiger partial charge in [0.05, 0.1) is 24.2 Å². The predicted molar refractivity (Wildman–Crippen MR) is 76.8 cm³/mol. The van der Waals surface area contributed by atoms with Crippen LogP contribution in [-0.2, 0) is 11.3 Å². The molecule has 0 radical (unpaired) electrons. The minimum atomic E-state index is -1.06. The number of carbonyl (C=O) groups is 2. The smallest absolute Gasteiger partial charge is 0.305 e. The van der Waals surface area contributed by atoms with Gasteiger partial charge in [0.1, 0.15) is 5.82 Å². The molecule has 1 atom stereocenters. The van der Waals surface area contributed by atoms with Gasteiger partial charge in [-0.25, -0.2) is 4.39 Å². The van der Waals surface area contributed by atoms with E-state index in [0.717, 1.165) is 0 Å². The lowest BCUT2D eigenvalue weighted by molar-refractivity contribution is -0.137. The van der Waals surface area contributed by atoms with E-state index in [1.165, 1.54) is 30.5 Å². The molecule has 0 aliphatic carbocycles. The summed E-state index contributed by atoms with van der Waals surface area (Å²) in [5.41, 5.74) is 0.874. The van der Waals surface area contributed by atoms with Crippen LogP contribution in [0.25, 0.3) is 0 Å². The second-order valence-corrected chi connectivity index (χ2v) is 4.76. The van der Waals surface area contributed by atoms with Crippen LogP contribution < -0.4 is 5.32 Å². The Kier molecular flexibility index (Phi) is 4.88. The van der Waals surface area contributed by atoms with Gasteiger partial charge in [0.15, 0.2) is 0 Å². The Labute approximate surface area is 126 Å². The zero-order valence-corrected chi connectivity index (χ0v) is 12.0. The topological polar surface area (TPSA) is 84.2 Å². The summed E-state index contributed by atoms with van der Waals surface area (Å²) in [6.07, 6.45) is 2.71. The molecule has 7 heteroatoms. The van der Waals surface area contributed by atoms with Crippen LogP contribution >= 0.6 is 0 Å². The zero-order chi connectivity index (χ0) is 16.1. The summed E-state index contributed by atoms with van der Waals surface area (Å²) in [6, 6.07) is 4.63. The van der Waals surface area contributed by atoms with Crippen LogP contribution in [0.2, 0.25) is 0 Å². The number of carbonyl (C=O) groups excluding carboxylic acids is 1. The lowest BCUT2D eigenvalue weighted by Gasteiger charge is -2.17. The Morgan fingerprint density at radius 3 is 2.59 bits per heavy atom. The quantitative estimate of drug-likeness (QED) is 0.855. The number of hydrogen-bond acceptors (Lipinski definition) is 3. The number of halogens is 1. The average molecular weight is 305 g/mol. The SMILES string of the molecule is CCn1cc(C(=O)N[C@H](CC(=O)O)c2ccc(F)cc2)cn1. The first-order valence-electron chi connectivity index (χ1n) is 6.80. The molecule has 2 rings (SSSR count). The molecule has 1 aromatic heterocycles. The maximum absolute atomic E-state index is 13.0. The number of nitrogens with one attached hydrogen (secondary N) is 1. The monoisotopic (exact) mass is 305 g/mol. The summed E-state index contributed by atoms with van der Waals surface area (Å²) >= 11 is 0. The van der Waals surface area contributed by atoms with E-state index in [-0.39, 0.29) is 6.42 Å². The molecular weight excluding hydrogens is 289 g/mol. The van der Waals surface area contributed by atoms with Crippen LogP contribution in [0.5, 0.6) is 0 Å². The van der Waals surface area contributed by atoms with Crippen molar-refractivity contribution >= 4 is 11.9 Å². The average Bonchev–Trinajstić information content (AvgIpc) is 2.96. The second-order valence-electron chi connectivity index (χ2n) is 4.76. The maximum atomic E-state index is 13.0. The van der Waals surface area contributed by atoms with Gasteiger partial charge in [-0.05, 0) is 24.6 Å². The molecular formula is C15H16FN3O3. The molecule has 2 N–H and O–H groups in total. The zero-order valence-electron chi connectivity index (χ0n) is 12.0. The highest BCUT2D eigenvalue weighted by Crippen LogP contribution is 2.18. The summed E-state index contributed by atoms with van der Waals surface area (Å²) < 4.78 is 14.6. The molecule has 0 aliphatic heterocycles. The predicted octanol–water partition coefficient (Wildman–Crippen LogP) is 1.99. The summed E-state index contributed by atoms with van der Waals surface area (Å²) in [6.45, 7) is 2.52. The highest BCUT2D eigenvalue weighted by atomic mass is 19.1. The van der Waals surface area contributed by atoms with Crippen molar-refractivity contribution in [2.75, 3.05) is 0 Å². The van der Waals surface area contributed by atoms with Crippen LogP contribution in [0.4, 0.5) is 4.39 Å². The van der Waals surface area contributed by atoms with Crippen molar-refractivity contribution < 1.29 is 19.1 Å². The fraction of sp³-hybridized carbons (Fsp3) is 0.267. The second kappa shape index (κ2) is 6.84. The molecule has 0 spiro atoms. The van der Waals surface area contributed by atoms with Crippen LogP contribution in [-0.4, -0.2) is 26.8 Å². The van der Waals surface area contributed by atoms with E-state index in [4.69, 9.17) is 5.11 Å². The molecule has 22 heavy (non-hydrogen) atoms. The van der Waals surface area contributed by atoms with Gasteiger partial charge in [-0.3, -0.25) is 14.3 Å². The van der Waals surface area contributed by atoms with Gasteiger partial charge in [-0.15, -0.1) is 0 Å². The van der Waals surface area contributed by atoms with Crippen LogP contribution in [0.3, 0.4) is 0 Å². The van der Waals surface area contributed by atoms with Gasteiger partial charge in [0.25, 0.3) is 5.91 Å². The van der Waals surface area contributed by atoms with Crippen molar-refractivity contribution in [3.05, 3.63) is 53.6 Å². The summed E-state index contributed by atoms with van der Waals surface area (Å²) in [5.74, 6) is -1.90. The van der Waals surface area contributed by atoms with E-state index in [1.807, 2.05) is 6.92 Å². The molecule has 0 aliphatic rings. The normalized spacial score (nSPS) is 11.9. The summed E-state index contributed by atoms with van der Waals surface area (Å²) in [7, 11) is 0. The Morgan fingerprint density at radius 1 is 1.36 bits per heavy atom. The minimum Gasteiger partial charge on any atom is -0.481 e. The van der Waals surface area contributed by atoms with Crippen LogP contribution in [0.15, 0.2) is 36.7 Å². The number of carboxylic acids is 1. The Morgan fingerprint density at radius 2 is 2.05 bits per heavy atom. The molecule has 1 amide bonds. The van der Waals surface area contributed by atoms with Crippen molar-refractivity contribution in [3.63, 3.8) is 0 Å². The molecule has 0 saturated heterocycles. The van der Waals surface area contributed by atoms with E-state index in [2.05, 4.69) is 10.4 Å². The van der Waals surface area contributed by atoms with Crippen LogP contribution in [0, 0.1) is 5.82 Å². The van der Waals surface area contributed by atoms with Crippen LogP contribution in [0.1, 0.15) is 35.3 Å². The largest absolute Gasteiger partial charge is 0.481 e. The highest BCUT2D eigenvalue weighted by Gasteiger charge is 2.19. The molecule has 1 heterocycles. The van der Waals surface area contributed by atoms with E-state index in [9.17, 15) is 14.0 Å². The molecule has 6 nitrogen and oxygen atoms in total. The maximum Gasteiger partial charge on any atom is 0.305 e. The first-order valence-corrected chi connectivity index (χ1v) is 6.80. The number of aliphatic carboxylic acids is 1.